The normalized spacial score (nSPS) is 23.8. The third-order valence-electron chi connectivity index (χ3n) is 4.05. The van der Waals surface area contributed by atoms with E-state index in [1.54, 1.807) is 6.33 Å². The molecule has 3 rings (SSSR count). The third kappa shape index (κ3) is 3.67. The van der Waals surface area contributed by atoms with Gasteiger partial charge in [-0.25, -0.2) is 9.97 Å². The summed E-state index contributed by atoms with van der Waals surface area (Å²) < 4.78 is 5.91. The van der Waals surface area contributed by atoms with Crippen molar-refractivity contribution < 1.29 is 4.74 Å². The van der Waals surface area contributed by atoms with E-state index in [0.717, 1.165) is 50.2 Å². The minimum Gasteiger partial charge on any atom is -0.374 e. The molecule has 0 radical (unpaired) electrons. The molecule has 5 nitrogen and oxygen atoms in total. The molecule has 1 atom stereocenters. The Morgan fingerprint density at radius 1 is 1.35 bits per heavy atom. The van der Waals surface area contributed by atoms with Gasteiger partial charge in [0.1, 0.15) is 12.1 Å². The SMILES string of the molecule is Cc1cc(N(CC2CC2)C[C@H]2CN(C)CCO2)ncn1. The van der Waals surface area contributed by atoms with Crippen molar-refractivity contribution in [3.8, 4) is 0 Å². The van der Waals surface area contributed by atoms with E-state index in [2.05, 4.69) is 32.9 Å². The monoisotopic (exact) mass is 276 g/mol. The zero-order chi connectivity index (χ0) is 13.9. The fraction of sp³-hybridized carbons (Fsp3) is 0.733. The van der Waals surface area contributed by atoms with Crippen molar-refractivity contribution in [1.82, 2.24) is 14.9 Å². The Labute approximate surface area is 121 Å². The number of aryl methyl sites for hydroxylation is 1. The highest BCUT2D eigenvalue weighted by Crippen LogP contribution is 2.31. The standard InChI is InChI=1S/C15H24N4O/c1-12-7-15(17-11-16-12)19(8-13-3-4-13)10-14-9-18(2)5-6-20-14/h7,11,13-14H,3-6,8-10H2,1-2H3/t14-/m1/s1. The van der Waals surface area contributed by atoms with Gasteiger partial charge >= 0.3 is 0 Å². The molecule has 1 aromatic rings. The van der Waals surface area contributed by atoms with Gasteiger partial charge in [-0.15, -0.1) is 0 Å². The molecule has 1 aliphatic carbocycles. The van der Waals surface area contributed by atoms with Crippen molar-refractivity contribution in [3.63, 3.8) is 0 Å². The summed E-state index contributed by atoms with van der Waals surface area (Å²) in [6.45, 7) is 6.92. The minimum absolute atomic E-state index is 0.280. The topological polar surface area (TPSA) is 41.5 Å². The Morgan fingerprint density at radius 3 is 2.90 bits per heavy atom. The van der Waals surface area contributed by atoms with Gasteiger partial charge < -0.3 is 14.5 Å². The molecular weight excluding hydrogens is 252 g/mol. The van der Waals surface area contributed by atoms with Crippen LogP contribution in [-0.4, -0.2) is 60.8 Å². The lowest BCUT2D eigenvalue weighted by molar-refractivity contribution is -0.0149. The van der Waals surface area contributed by atoms with Crippen LogP contribution in [0.15, 0.2) is 12.4 Å². The zero-order valence-corrected chi connectivity index (χ0v) is 12.5. The molecule has 5 heteroatoms. The van der Waals surface area contributed by atoms with Gasteiger partial charge in [-0.2, -0.15) is 0 Å². The number of hydrogen-bond acceptors (Lipinski definition) is 5. The predicted molar refractivity (Wildman–Crippen MR) is 78.9 cm³/mol. The van der Waals surface area contributed by atoms with Gasteiger partial charge in [0.25, 0.3) is 0 Å². The van der Waals surface area contributed by atoms with E-state index >= 15 is 0 Å². The molecule has 0 bridgehead atoms. The minimum atomic E-state index is 0.280. The van der Waals surface area contributed by atoms with Crippen molar-refractivity contribution in [2.45, 2.75) is 25.9 Å². The summed E-state index contributed by atoms with van der Waals surface area (Å²) in [4.78, 5) is 13.4. The molecule has 1 saturated carbocycles. The number of anilines is 1. The first-order chi connectivity index (χ1) is 9.70. The quantitative estimate of drug-likeness (QED) is 0.811. The first-order valence-corrected chi connectivity index (χ1v) is 7.54. The van der Waals surface area contributed by atoms with Gasteiger partial charge in [0.05, 0.1) is 12.7 Å². The number of likely N-dealkylation sites (N-methyl/N-ethyl adjacent to an activating group) is 1. The van der Waals surface area contributed by atoms with E-state index in [4.69, 9.17) is 4.74 Å². The number of rotatable bonds is 5. The van der Waals surface area contributed by atoms with E-state index in [-0.39, 0.29) is 6.10 Å². The van der Waals surface area contributed by atoms with Crippen LogP contribution in [0.1, 0.15) is 18.5 Å². The summed E-state index contributed by atoms with van der Waals surface area (Å²) in [5, 5.41) is 0. The van der Waals surface area contributed by atoms with Gasteiger partial charge in [-0.3, -0.25) is 0 Å². The Kier molecular flexibility index (Phi) is 4.17. The lowest BCUT2D eigenvalue weighted by atomic mass is 10.2. The Balaban J connectivity index is 1.68. The van der Waals surface area contributed by atoms with Crippen LogP contribution in [0.25, 0.3) is 0 Å². The molecule has 0 amide bonds. The zero-order valence-electron chi connectivity index (χ0n) is 12.5. The summed E-state index contributed by atoms with van der Waals surface area (Å²) in [7, 11) is 2.16. The first kappa shape index (κ1) is 13.8. The maximum atomic E-state index is 5.91. The molecule has 0 aromatic carbocycles. The first-order valence-electron chi connectivity index (χ1n) is 7.54. The number of aromatic nitrogens is 2. The number of hydrogen-bond donors (Lipinski definition) is 0. The Bertz CT molecular complexity index is 449. The van der Waals surface area contributed by atoms with Crippen molar-refractivity contribution >= 4 is 5.82 Å². The molecule has 0 N–H and O–H groups in total. The maximum absolute atomic E-state index is 5.91. The lowest BCUT2D eigenvalue weighted by Gasteiger charge is -2.34. The van der Waals surface area contributed by atoms with Crippen LogP contribution >= 0.6 is 0 Å². The van der Waals surface area contributed by atoms with Crippen LogP contribution in [0.3, 0.4) is 0 Å². The lowest BCUT2D eigenvalue weighted by Crippen LogP contribution is -2.46. The summed E-state index contributed by atoms with van der Waals surface area (Å²) in [5.41, 5.74) is 1.03. The third-order valence-corrected chi connectivity index (χ3v) is 4.05. The highest BCUT2D eigenvalue weighted by molar-refractivity contribution is 5.39. The van der Waals surface area contributed by atoms with Gasteiger partial charge in [0.15, 0.2) is 0 Å². The predicted octanol–water partition coefficient (Wildman–Crippen LogP) is 1.33. The highest BCUT2D eigenvalue weighted by Gasteiger charge is 2.28. The smallest absolute Gasteiger partial charge is 0.132 e. The molecule has 1 saturated heterocycles. The highest BCUT2D eigenvalue weighted by atomic mass is 16.5. The summed E-state index contributed by atoms with van der Waals surface area (Å²) >= 11 is 0. The van der Waals surface area contributed by atoms with Crippen LogP contribution < -0.4 is 4.90 Å². The summed E-state index contributed by atoms with van der Waals surface area (Å²) in [6, 6.07) is 2.08. The summed E-state index contributed by atoms with van der Waals surface area (Å²) in [6.07, 6.45) is 4.65. The Hall–Kier alpha value is -1.20. The van der Waals surface area contributed by atoms with Crippen LogP contribution in [0.5, 0.6) is 0 Å². The van der Waals surface area contributed by atoms with Crippen LogP contribution in [0.2, 0.25) is 0 Å². The fourth-order valence-electron chi connectivity index (χ4n) is 2.71. The average molecular weight is 276 g/mol. The molecule has 110 valence electrons. The molecule has 0 unspecified atom stereocenters. The van der Waals surface area contributed by atoms with Gasteiger partial charge in [0.2, 0.25) is 0 Å². The van der Waals surface area contributed by atoms with Crippen LogP contribution in [-0.2, 0) is 4.74 Å². The Morgan fingerprint density at radius 2 is 2.20 bits per heavy atom. The van der Waals surface area contributed by atoms with Gasteiger partial charge in [0, 0.05) is 37.9 Å². The second kappa shape index (κ2) is 6.06. The molecule has 0 spiro atoms. The van der Waals surface area contributed by atoms with E-state index < -0.39 is 0 Å². The molecule has 2 aliphatic rings. The largest absolute Gasteiger partial charge is 0.374 e. The van der Waals surface area contributed by atoms with E-state index in [9.17, 15) is 0 Å². The molecule has 2 fully saturated rings. The molecular formula is C15H24N4O. The van der Waals surface area contributed by atoms with Crippen molar-refractivity contribution in [2.75, 3.05) is 44.7 Å². The maximum Gasteiger partial charge on any atom is 0.132 e. The van der Waals surface area contributed by atoms with Gasteiger partial charge in [-0.05, 0) is 32.7 Å². The summed E-state index contributed by atoms with van der Waals surface area (Å²) in [5.74, 6) is 1.88. The molecule has 1 aromatic heterocycles. The van der Waals surface area contributed by atoms with Crippen molar-refractivity contribution in [3.05, 3.63) is 18.1 Å². The van der Waals surface area contributed by atoms with Crippen molar-refractivity contribution in [2.24, 2.45) is 5.92 Å². The van der Waals surface area contributed by atoms with Crippen molar-refractivity contribution in [1.29, 1.82) is 0 Å². The van der Waals surface area contributed by atoms with E-state index in [1.807, 2.05) is 6.92 Å². The van der Waals surface area contributed by atoms with E-state index in [1.165, 1.54) is 12.8 Å². The second-order valence-electron chi connectivity index (χ2n) is 6.12. The molecule has 20 heavy (non-hydrogen) atoms. The number of morpholine rings is 1. The second-order valence-corrected chi connectivity index (χ2v) is 6.12. The fourth-order valence-corrected chi connectivity index (χ4v) is 2.71. The van der Waals surface area contributed by atoms with Crippen LogP contribution in [0, 0.1) is 12.8 Å². The van der Waals surface area contributed by atoms with E-state index in [0.29, 0.717) is 0 Å². The number of nitrogens with zero attached hydrogens (tertiary/aromatic N) is 4. The molecule has 1 aliphatic heterocycles. The number of ether oxygens (including phenoxy) is 1. The van der Waals surface area contributed by atoms with Crippen LogP contribution in [0.4, 0.5) is 5.82 Å². The molecule has 2 heterocycles. The van der Waals surface area contributed by atoms with Gasteiger partial charge in [-0.1, -0.05) is 0 Å². The average Bonchev–Trinajstić information content (AvgIpc) is 3.22.